The van der Waals surface area contributed by atoms with Crippen molar-refractivity contribution in [3.05, 3.63) is 35.1 Å². The Morgan fingerprint density at radius 3 is 2.74 bits per heavy atom. The molecular weight excluding hydrogens is 363 g/mol. The molecular formula is C20H23FN4OS. The smallest absolute Gasteiger partial charge is 0.240 e. The van der Waals surface area contributed by atoms with Gasteiger partial charge in [0.15, 0.2) is 5.01 Å². The van der Waals surface area contributed by atoms with E-state index in [4.69, 9.17) is 0 Å². The summed E-state index contributed by atoms with van der Waals surface area (Å²) in [6.45, 7) is 2.73. The summed E-state index contributed by atoms with van der Waals surface area (Å²) in [5, 5.41) is 10.2. The fourth-order valence-electron chi connectivity index (χ4n) is 4.41. The molecule has 5 rings (SSSR count). The first-order valence-electron chi connectivity index (χ1n) is 9.83. The zero-order valence-electron chi connectivity index (χ0n) is 15.2. The molecule has 1 amide bonds. The van der Waals surface area contributed by atoms with Crippen LogP contribution >= 0.6 is 11.3 Å². The highest BCUT2D eigenvalue weighted by molar-refractivity contribution is 7.14. The number of hydrogen-bond donors (Lipinski definition) is 0. The molecule has 2 aliphatic heterocycles. The zero-order chi connectivity index (χ0) is 18.4. The van der Waals surface area contributed by atoms with Crippen molar-refractivity contribution >= 4 is 17.2 Å². The van der Waals surface area contributed by atoms with Crippen molar-refractivity contribution in [2.24, 2.45) is 0 Å². The van der Waals surface area contributed by atoms with Gasteiger partial charge in [-0.05, 0) is 50.8 Å². The third kappa shape index (κ3) is 3.27. The second kappa shape index (κ2) is 6.95. The van der Waals surface area contributed by atoms with Crippen LogP contribution < -0.4 is 0 Å². The van der Waals surface area contributed by atoms with E-state index >= 15 is 0 Å². The van der Waals surface area contributed by atoms with Crippen LogP contribution in [0.15, 0.2) is 24.3 Å². The van der Waals surface area contributed by atoms with Crippen molar-refractivity contribution in [1.29, 1.82) is 0 Å². The van der Waals surface area contributed by atoms with E-state index in [0.717, 1.165) is 43.9 Å². The van der Waals surface area contributed by atoms with E-state index < -0.39 is 0 Å². The third-order valence-electron chi connectivity index (χ3n) is 5.99. The molecule has 2 atom stereocenters. The van der Waals surface area contributed by atoms with Crippen LogP contribution in [-0.4, -0.2) is 57.6 Å². The van der Waals surface area contributed by atoms with Crippen LogP contribution in [0.25, 0.3) is 10.6 Å². The van der Waals surface area contributed by atoms with Gasteiger partial charge >= 0.3 is 0 Å². The standard InChI is InChI=1S/C20H23FN4OS/c21-16-6-2-1-5-15(16)19-23-22-18(27-19)13-4-3-10-24(12-13)17-9-11-25(20(17)26)14-7-8-14/h1-2,5-6,13-14,17H,3-4,7-12H2. The number of hydrogen-bond acceptors (Lipinski definition) is 5. The Morgan fingerprint density at radius 2 is 1.93 bits per heavy atom. The predicted molar refractivity (Wildman–Crippen MR) is 102 cm³/mol. The van der Waals surface area contributed by atoms with Gasteiger partial charge < -0.3 is 4.90 Å². The molecule has 0 N–H and O–H groups in total. The number of rotatable bonds is 4. The molecule has 3 heterocycles. The van der Waals surface area contributed by atoms with Crippen molar-refractivity contribution in [3.63, 3.8) is 0 Å². The Kier molecular flexibility index (Phi) is 4.44. The molecule has 5 nitrogen and oxygen atoms in total. The monoisotopic (exact) mass is 386 g/mol. The van der Waals surface area contributed by atoms with E-state index in [2.05, 4.69) is 20.0 Å². The highest BCUT2D eigenvalue weighted by Gasteiger charge is 2.43. The molecule has 7 heteroatoms. The van der Waals surface area contributed by atoms with Gasteiger partial charge in [-0.25, -0.2) is 4.39 Å². The summed E-state index contributed by atoms with van der Waals surface area (Å²) in [5.74, 6) is 0.337. The summed E-state index contributed by atoms with van der Waals surface area (Å²) in [6, 6.07) is 7.25. The molecule has 1 saturated carbocycles. The number of likely N-dealkylation sites (tertiary alicyclic amines) is 2. The molecule has 0 radical (unpaired) electrons. The Bertz CT molecular complexity index is 852. The fraction of sp³-hybridized carbons (Fsp3) is 0.550. The molecule has 3 aliphatic rings. The second-order valence-electron chi connectivity index (χ2n) is 7.83. The molecule has 1 aliphatic carbocycles. The van der Waals surface area contributed by atoms with Crippen LogP contribution in [0.2, 0.25) is 0 Å². The largest absolute Gasteiger partial charge is 0.338 e. The Balaban J connectivity index is 1.30. The van der Waals surface area contributed by atoms with E-state index in [-0.39, 0.29) is 17.8 Å². The van der Waals surface area contributed by atoms with E-state index in [0.29, 0.717) is 22.5 Å². The summed E-state index contributed by atoms with van der Waals surface area (Å²) in [4.78, 5) is 17.2. The maximum absolute atomic E-state index is 14.0. The quantitative estimate of drug-likeness (QED) is 0.809. The van der Waals surface area contributed by atoms with Crippen molar-refractivity contribution in [3.8, 4) is 10.6 Å². The van der Waals surface area contributed by atoms with Gasteiger partial charge in [-0.1, -0.05) is 23.5 Å². The Morgan fingerprint density at radius 1 is 1.07 bits per heavy atom. The number of nitrogens with zero attached hydrogens (tertiary/aromatic N) is 4. The molecule has 0 spiro atoms. The molecule has 1 aromatic carbocycles. The van der Waals surface area contributed by atoms with Gasteiger partial charge in [0, 0.05) is 30.6 Å². The minimum Gasteiger partial charge on any atom is -0.338 e. The third-order valence-corrected chi connectivity index (χ3v) is 7.11. The summed E-state index contributed by atoms with van der Waals surface area (Å²) in [7, 11) is 0. The number of aromatic nitrogens is 2. The normalized spacial score (nSPS) is 26.7. The van der Waals surface area contributed by atoms with Gasteiger partial charge in [0.2, 0.25) is 5.91 Å². The van der Waals surface area contributed by atoms with Crippen molar-refractivity contribution < 1.29 is 9.18 Å². The van der Waals surface area contributed by atoms with Crippen LogP contribution in [0.1, 0.15) is 43.0 Å². The number of carbonyl (C=O) groups is 1. The van der Waals surface area contributed by atoms with Crippen LogP contribution in [-0.2, 0) is 4.79 Å². The van der Waals surface area contributed by atoms with Crippen LogP contribution in [0.4, 0.5) is 4.39 Å². The topological polar surface area (TPSA) is 49.3 Å². The number of halogens is 1. The van der Waals surface area contributed by atoms with Crippen molar-refractivity contribution in [2.75, 3.05) is 19.6 Å². The van der Waals surface area contributed by atoms with E-state index in [1.165, 1.54) is 30.2 Å². The maximum Gasteiger partial charge on any atom is 0.240 e. The zero-order valence-corrected chi connectivity index (χ0v) is 16.0. The number of piperidine rings is 1. The molecule has 3 fully saturated rings. The molecule has 2 unspecified atom stereocenters. The molecule has 142 valence electrons. The first-order valence-corrected chi connectivity index (χ1v) is 10.6. The number of benzene rings is 1. The van der Waals surface area contributed by atoms with Gasteiger partial charge in [0.1, 0.15) is 10.8 Å². The molecule has 27 heavy (non-hydrogen) atoms. The lowest BCUT2D eigenvalue weighted by Crippen LogP contribution is -2.46. The fourth-order valence-corrected chi connectivity index (χ4v) is 5.40. The summed E-state index contributed by atoms with van der Waals surface area (Å²) < 4.78 is 14.0. The van der Waals surface area contributed by atoms with Gasteiger partial charge in [0.05, 0.1) is 6.04 Å². The van der Waals surface area contributed by atoms with Crippen LogP contribution in [0, 0.1) is 5.82 Å². The summed E-state index contributed by atoms with van der Waals surface area (Å²) in [6.07, 6.45) is 5.40. The first kappa shape index (κ1) is 17.3. The van der Waals surface area contributed by atoms with Crippen LogP contribution in [0.3, 0.4) is 0 Å². The lowest BCUT2D eigenvalue weighted by molar-refractivity contribution is -0.133. The number of carbonyl (C=O) groups excluding carboxylic acids is 1. The lowest BCUT2D eigenvalue weighted by atomic mass is 9.97. The SMILES string of the molecule is O=C1C(N2CCCC(c3nnc(-c4ccccc4F)s3)C2)CCN1C1CC1. The van der Waals surface area contributed by atoms with E-state index in [1.807, 2.05) is 6.07 Å². The van der Waals surface area contributed by atoms with Gasteiger partial charge in [-0.2, -0.15) is 0 Å². The highest BCUT2D eigenvalue weighted by Crippen LogP contribution is 2.36. The average Bonchev–Trinajstić information content (AvgIpc) is 3.27. The molecule has 1 aromatic heterocycles. The van der Waals surface area contributed by atoms with Gasteiger partial charge in [-0.15, -0.1) is 10.2 Å². The Hall–Kier alpha value is -1.86. The lowest BCUT2D eigenvalue weighted by Gasteiger charge is -2.35. The van der Waals surface area contributed by atoms with Crippen LogP contribution in [0.5, 0.6) is 0 Å². The number of amides is 1. The van der Waals surface area contributed by atoms with Gasteiger partial charge in [-0.3, -0.25) is 9.69 Å². The molecule has 0 bridgehead atoms. The Labute approximate surface area is 162 Å². The summed E-state index contributed by atoms with van der Waals surface area (Å²) in [5.41, 5.74) is 0.514. The summed E-state index contributed by atoms with van der Waals surface area (Å²) >= 11 is 1.48. The minimum absolute atomic E-state index is 0.0346. The van der Waals surface area contributed by atoms with Crippen molar-refractivity contribution in [2.45, 2.75) is 50.1 Å². The van der Waals surface area contributed by atoms with Crippen molar-refractivity contribution in [1.82, 2.24) is 20.0 Å². The maximum atomic E-state index is 14.0. The minimum atomic E-state index is -0.262. The first-order chi connectivity index (χ1) is 13.2. The predicted octanol–water partition coefficient (Wildman–Crippen LogP) is 3.29. The van der Waals surface area contributed by atoms with Gasteiger partial charge in [0.25, 0.3) is 0 Å². The highest BCUT2D eigenvalue weighted by atomic mass is 32.1. The average molecular weight is 386 g/mol. The van der Waals surface area contributed by atoms with E-state index in [9.17, 15) is 9.18 Å². The molecule has 2 aromatic rings. The van der Waals surface area contributed by atoms with E-state index in [1.54, 1.807) is 12.1 Å². The molecule has 2 saturated heterocycles. The second-order valence-corrected chi connectivity index (χ2v) is 8.84.